The van der Waals surface area contributed by atoms with E-state index in [0.717, 1.165) is 11.0 Å². The molecule has 2 aromatic carbocycles. The molecule has 1 saturated heterocycles. The summed E-state index contributed by atoms with van der Waals surface area (Å²) < 4.78 is 5.62. The summed E-state index contributed by atoms with van der Waals surface area (Å²) in [7, 11) is 0. The number of nitrogens with zero attached hydrogens (tertiary/aromatic N) is 3. The average molecular weight is 293 g/mol. The molecule has 0 radical (unpaired) electrons. The molecule has 1 aromatic heterocycles. The topological polar surface area (TPSA) is 81.5 Å². The van der Waals surface area contributed by atoms with Crippen LogP contribution in [0.25, 0.3) is 11.0 Å². The Morgan fingerprint density at radius 1 is 1.00 bits per heavy atom. The summed E-state index contributed by atoms with van der Waals surface area (Å²) in [6.07, 6.45) is 1.05. The average Bonchev–Trinajstić information content (AvgIpc) is 3.35. The van der Waals surface area contributed by atoms with E-state index in [0.29, 0.717) is 11.3 Å². The predicted molar refractivity (Wildman–Crippen MR) is 79.2 cm³/mol. The summed E-state index contributed by atoms with van der Waals surface area (Å²) in [5, 5.41) is 11.1. The lowest BCUT2D eigenvalue weighted by Gasteiger charge is -2.00. The minimum atomic E-state index is -0.389. The summed E-state index contributed by atoms with van der Waals surface area (Å²) in [4.78, 5) is 19.6. The molecule has 0 aliphatic carbocycles. The number of hydrogen-bond acceptors (Lipinski definition) is 5. The van der Waals surface area contributed by atoms with Crippen LogP contribution in [0.5, 0.6) is 0 Å². The van der Waals surface area contributed by atoms with Gasteiger partial charge < -0.3 is 4.74 Å². The van der Waals surface area contributed by atoms with Gasteiger partial charge in [-0.2, -0.15) is 0 Å². The second-order valence-corrected chi connectivity index (χ2v) is 5.08. The molecule has 1 aliphatic heterocycles. The van der Waals surface area contributed by atoms with Gasteiger partial charge in [0.2, 0.25) is 0 Å². The molecule has 0 amide bonds. The maximum atomic E-state index is 11.1. The molecule has 4 rings (SSSR count). The van der Waals surface area contributed by atoms with E-state index < -0.39 is 0 Å². The van der Waals surface area contributed by atoms with E-state index in [-0.39, 0.29) is 22.8 Å². The van der Waals surface area contributed by atoms with Crippen molar-refractivity contribution in [1.29, 1.82) is 0 Å². The second-order valence-electron chi connectivity index (χ2n) is 5.08. The van der Waals surface area contributed by atoms with Crippen LogP contribution in [-0.4, -0.2) is 14.9 Å². The molecular formula is C16H11N3O3. The number of nitro benzene ring substituents is 1. The van der Waals surface area contributed by atoms with E-state index in [2.05, 4.69) is 9.97 Å². The minimum absolute atomic E-state index is 0.0729. The largest absolute Gasteiger partial charge is 0.357 e. The quantitative estimate of drug-likeness (QED) is 0.420. The molecule has 2 atom stereocenters. The Morgan fingerprint density at radius 3 is 2.55 bits per heavy atom. The SMILES string of the molecule is O=[N+]([O-])c1ccccc1[C@@H]1O[C@@H]1c1cnc2ccccc2n1. The Labute approximate surface area is 125 Å². The molecule has 6 heteroatoms. The number of fused-ring (bicyclic) bond motifs is 1. The molecule has 0 unspecified atom stereocenters. The summed E-state index contributed by atoms with van der Waals surface area (Å²) in [5.74, 6) is 0. The van der Waals surface area contributed by atoms with Crippen LogP contribution in [0.4, 0.5) is 5.69 Å². The van der Waals surface area contributed by atoms with Gasteiger partial charge in [0.1, 0.15) is 12.2 Å². The van der Waals surface area contributed by atoms with Crippen molar-refractivity contribution in [2.24, 2.45) is 0 Å². The molecule has 1 fully saturated rings. The van der Waals surface area contributed by atoms with Crippen molar-refractivity contribution in [2.45, 2.75) is 12.2 Å². The van der Waals surface area contributed by atoms with Gasteiger partial charge in [0.05, 0.1) is 33.4 Å². The van der Waals surface area contributed by atoms with E-state index in [1.165, 1.54) is 6.07 Å². The van der Waals surface area contributed by atoms with Crippen LogP contribution in [0.2, 0.25) is 0 Å². The summed E-state index contributed by atoms with van der Waals surface area (Å²) >= 11 is 0. The van der Waals surface area contributed by atoms with Crippen LogP contribution in [0.3, 0.4) is 0 Å². The van der Waals surface area contributed by atoms with Crippen molar-refractivity contribution in [3.63, 3.8) is 0 Å². The molecule has 108 valence electrons. The zero-order valence-electron chi connectivity index (χ0n) is 11.4. The first-order chi connectivity index (χ1) is 10.7. The van der Waals surface area contributed by atoms with Crippen molar-refractivity contribution in [2.75, 3.05) is 0 Å². The fourth-order valence-electron chi connectivity index (χ4n) is 2.58. The molecule has 0 saturated carbocycles. The van der Waals surface area contributed by atoms with Crippen LogP contribution < -0.4 is 0 Å². The number of ether oxygens (including phenoxy) is 1. The standard InChI is InChI=1S/C16H11N3O3/c20-19(21)14-8-4-1-5-10(14)15-16(22-15)13-9-17-11-6-2-3-7-12(11)18-13/h1-9,15-16H/t15-,16+/m0/s1. The highest BCUT2D eigenvalue weighted by Gasteiger charge is 2.46. The van der Waals surface area contributed by atoms with Crippen molar-refractivity contribution < 1.29 is 9.66 Å². The van der Waals surface area contributed by atoms with Crippen LogP contribution in [0, 0.1) is 10.1 Å². The Morgan fingerprint density at radius 2 is 1.73 bits per heavy atom. The molecule has 2 heterocycles. The molecule has 0 bridgehead atoms. The van der Waals surface area contributed by atoms with E-state index in [9.17, 15) is 10.1 Å². The molecule has 6 nitrogen and oxygen atoms in total. The predicted octanol–water partition coefficient (Wildman–Crippen LogP) is 3.35. The Balaban J connectivity index is 1.67. The number of hydrogen-bond donors (Lipinski definition) is 0. The highest BCUT2D eigenvalue weighted by Crippen LogP contribution is 2.52. The first-order valence-corrected chi connectivity index (χ1v) is 6.84. The van der Waals surface area contributed by atoms with Gasteiger partial charge in [-0.05, 0) is 18.2 Å². The van der Waals surface area contributed by atoms with Crippen LogP contribution >= 0.6 is 0 Å². The molecule has 0 N–H and O–H groups in total. The number of para-hydroxylation sites is 3. The second kappa shape index (κ2) is 4.85. The van der Waals surface area contributed by atoms with Crippen LogP contribution in [0.1, 0.15) is 23.5 Å². The molecule has 1 aliphatic rings. The molecule has 3 aromatic rings. The van der Waals surface area contributed by atoms with Gasteiger partial charge in [-0.3, -0.25) is 15.1 Å². The normalized spacial score (nSPS) is 20.0. The lowest BCUT2D eigenvalue weighted by atomic mass is 10.1. The highest BCUT2D eigenvalue weighted by atomic mass is 16.6. The van der Waals surface area contributed by atoms with E-state index in [4.69, 9.17) is 4.74 Å². The maximum Gasteiger partial charge on any atom is 0.275 e. The van der Waals surface area contributed by atoms with E-state index >= 15 is 0 Å². The van der Waals surface area contributed by atoms with Crippen molar-refractivity contribution >= 4 is 16.7 Å². The fourth-order valence-corrected chi connectivity index (χ4v) is 2.58. The molecular weight excluding hydrogens is 282 g/mol. The van der Waals surface area contributed by atoms with Crippen LogP contribution in [0.15, 0.2) is 54.7 Å². The van der Waals surface area contributed by atoms with Crippen molar-refractivity contribution in [1.82, 2.24) is 9.97 Å². The lowest BCUT2D eigenvalue weighted by Crippen LogP contribution is -1.96. The van der Waals surface area contributed by atoms with Gasteiger partial charge >= 0.3 is 0 Å². The first-order valence-electron chi connectivity index (χ1n) is 6.84. The number of rotatable bonds is 3. The summed E-state index contributed by atoms with van der Waals surface area (Å²) in [6, 6.07) is 14.2. The number of benzene rings is 2. The van der Waals surface area contributed by atoms with Crippen LogP contribution in [-0.2, 0) is 4.74 Å². The Bertz CT molecular complexity index is 881. The lowest BCUT2D eigenvalue weighted by molar-refractivity contribution is -0.385. The highest BCUT2D eigenvalue weighted by molar-refractivity contribution is 5.73. The monoisotopic (exact) mass is 293 g/mol. The van der Waals surface area contributed by atoms with E-state index in [1.807, 2.05) is 24.3 Å². The fraction of sp³-hybridized carbons (Fsp3) is 0.125. The summed E-state index contributed by atoms with van der Waals surface area (Å²) in [5.41, 5.74) is 2.95. The third-order valence-corrected chi connectivity index (χ3v) is 3.69. The van der Waals surface area contributed by atoms with Gasteiger partial charge in [0, 0.05) is 6.07 Å². The molecule has 0 spiro atoms. The summed E-state index contributed by atoms with van der Waals surface area (Å²) in [6.45, 7) is 0. The maximum absolute atomic E-state index is 11.1. The van der Waals surface area contributed by atoms with Gasteiger partial charge in [0.15, 0.2) is 0 Å². The zero-order valence-corrected chi connectivity index (χ0v) is 11.4. The number of aromatic nitrogens is 2. The van der Waals surface area contributed by atoms with Gasteiger partial charge in [0.25, 0.3) is 5.69 Å². The first kappa shape index (κ1) is 12.8. The van der Waals surface area contributed by atoms with Gasteiger partial charge in [-0.1, -0.05) is 24.3 Å². The van der Waals surface area contributed by atoms with Gasteiger partial charge in [-0.25, -0.2) is 4.98 Å². The van der Waals surface area contributed by atoms with Gasteiger partial charge in [-0.15, -0.1) is 0 Å². The molecule has 22 heavy (non-hydrogen) atoms. The zero-order chi connectivity index (χ0) is 15.1. The Hall–Kier alpha value is -2.86. The van der Waals surface area contributed by atoms with E-state index in [1.54, 1.807) is 24.4 Å². The number of epoxide rings is 1. The van der Waals surface area contributed by atoms with Crippen molar-refractivity contribution in [3.05, 3.63) is 76.1 Å². The minimum Gasteiger partial charge on any atom is -0.357 e. The van der Waals surface area contributed by atoms with Crippen molar-refractivity contribution in [3.8, 4) is 0 Å². The smallest absolute Gasteiger partial charge is 0.275 e. The number of nitro groups is 1. The third kappa shape index (κ3) is 2.10. The third-order valence-electron chi connectivity index (χ3n) is 3.69. The Kier molecular flexibility index (Phi) is 2.83.